The molecule has 1 N–H and O–H groups in total. The van der Waals surface area contributed by atoms with Gasteiger partial charge in [-0.3, -0.25) is 4.79 Å². The molecule has 3 rings (SSSR count). The fraction of sp³-hybridized carbons (Fsp3) is 0.500. The summed E-state index contributed by atoms with van der Waals surface area (Å²) in [5.74, 6) is 0.978. The lowest BCUT2D eigenvalue weighted by Crippen LogP contribution is -2.45. The highest BCUT2D eigenvalue weighted by atomic mass is 16.1. The molecule has 3 heterocycles. The van der Waals surface area contributed by atoms with Crippen molar-refractivity contribution in [2.45, 2.75) is 18.9 Å². The largest absolute Gasteiger partial charge is 0.316 e. The maximum atomic E-state index is 12.0. The molecule has 2 atom stereocenters. The number of pyridine rings is 1. The summed E-state index contributed by atoms with van der Waals surface area (Å²) >= 11 is 0. The minimum Gasteiger partial charge on any atom is -0.316 e. The molecule has 1 fully saturated rings. The number of nitriles is 1. The average Bonchev–Trinajstić information content (AvgIpc) is 2.31. The van der Waals surface area contributed by atoms with Crippen LogP contribution in [-0.2, 0) is 6.54 Å². The first-order valence-electron chi connectivity index (χ1n) is 5.64. The van der Waals surface area contributed by atoms with Crippen molar-refractivity contribution in [3.63, 3.8) is 0 Å². The normalized spacial score (nSPS) is 26.9. The van der Waals surface area contributed by atoms with Gasteiger partial charge in [0.2, 0.25) is 0 Å². The molecular weight excluding hydrogens is 202 g/mol. The summed E-state index contributed by atoms with van der Waals surface area (Å²) in [7, 11) is 0. The van der Waals surface area contributed by atoms with Gasteiger partial charge in [-0.25, -0.2) is 0 Å². The Hall–Kier alpha value is -1.60. The Bertz CT molecular complexity index is 526. The molecule has 82 valence electrons. The summed E-state index contributed by atoms with van der Waals surface area (Å²) in [6.07, 6.45) is 1.17. The molecule has 1 aromatic rings. The smallest absolute Gasteiger partial charge is 0.268 e. The van der Waals surface area contributed by atoms with Crippen molar-refractivity contribution in [2.75, 3.05) is 13.1 Å². The van der Waals surface area contributed by atoms with Crippen molar-refractivity contribution < 1.29 is 0 Å². The molecule has 0 saturated carbocycles. The lowest BCUT2D eigenvalue weighted by molar-refractivity contribution is 0.257. The van der Waals surface area contributed by atoms with Crippen molar-refractivity contribution in [1.82, 2.24) is 9.88 Å². The molecule has 0 spiro atoms. The first kappa shape index (κ1) is 9.61. The minimum absolute atomic E-state index is 0.114. The molecule has 16 heavy (non-hydrogen) atoms. The van der Waals surface area contributed by atoms with E-state index in [4.69, 9.17) is 5.26 Å². The van der Waals surface area contributed by atoms with Crippen LogP contribution < -0.4 is 10.9 Å². The molecule has 2 unspecified atom stereocenters. The zero-order chi connectivity index (χ0) is 11.1. The Morgan fingerprint density at radius 3 is 3.12 bits per heavy atom. The SMILES string of the molecule is N#Cc1ccc2n(c1=O)CC1CNCC2C1. The Labute approximate surface area is 93.5 Å². The van der Waals surface area contributed by atoms with E-state index >= 15 is 0 Å². The summed E-state index contributed by atoms with van der Waals surface area (Å²) in [5, 5.41) is 12.2. The van der Waals surface area contributed by atoms with Crippen molar-refractivity contribution in [1.29, 1.82) is 5.26 Å². The van der Waals surface area contributed by atoms with Crippen LogP contribution in [0.1, 0.15) is 23.6 Å². The van der Waals surface area contributed by atoms with E-state index in [9.17, 15) is 4.79 Å². The van der Waals surface area contributed by atoms with Crippen molar-refractivity contribution in [3.05, 3.63) is 33.7 Å². The van der Waals surface area contributed by atoms with E-state index in [1.807, 2.05) is 12.1 Å². The van der Waals surface area contributed by atoms with E-state index in [2.05, 4.69) is 5.32 Å². The van der Waals surface area contributed by atoms with Crippen LogP contribution in [0.4, 0.5) is 0 Å². The van der Waals surface area contributed by atoms with Crippen LogP contribution in [0.3, 0.4) is 0 Å². The molecule has 0 aromatic carbocycles. The van der Waals surface area contributed by atoms with Gasteiger partial charge in [0, 0.05) is 24.7 Å². The van der Waals surface area contributed by atoms with Crippen LogP contribution in [0.5, 0.6) is 0 Å². The number of nitrogens with zero attached hydrogens (tertiary/aromatic N) is 2. The van der Waals surface area contributed by atoms with E-state index in [0.717, 1.165) is 25.3 Å². The molecule has 2 bridgehead atoms. The second-order valence-corrected chi connectivity index (χ2v) is 4.66. The second-order valence-electron chi connectivity index (χ2n) is 4.66. The monoisotopic (exact) mass is 215 g/mol. The van der Waals surface area contributed by atoms with Gasteiger partial charge >= 0.3 is 0 Å². The molecule has 0 amide bonds. The molecule has 4 heteroatoms. The van der Waals surface area contributed by atoms with Crippen LogP contribution in [-0.4, -0.2) is 17.7 Å². The van der Waals surface area contributed by atoms with Gasteiger partial charge in [0.25, 0.3) is 5.56 Å². The van der Waals surface area contributed by atoms with Gasteiger partial charge in [0.1, 0.15) is 11.6 Å². The molecule has 1 aromatic heterocycles. The fourth-order valence-electron chi connectivity index (χ4n) is 2.88. The molecule has 4 nitrogen and oxygen atoms in total. The topological polar surface area (TPSA) is 57.8 Å². The van der Waals surface area contributed by atoms with Crippen molar-refractivity contribution >= 4 is 0 Å². The minimum atomic E-state index is -0.114. The van der Waals surface area contributed by atoms with Crippen LogP contribution in [0, 0.1) is 17.2 Å². The maximum Gasteiger partial charge on any atom is 0.268 e. The summed E-state index contributed by atoms with van der Waals surface area (Å²) in [4.78, 5) is 12.0. The molecule has 2 aliphatic rings. The highest BCUT2D eigenvalue weighted by Gasteiger charge is 2.31. The number of fused-ring (bicyclic) bond motifs is 4. The molecule has 0 radical (unpaired) electrons. The van der Waals surface area contributed by atoms with Gasteiger partial charge in [0.15, 0.2) is 0 Å². The highest BCUT2D eigenvalue weighted by Crippen LogP contribution is 2.31. The number of nitrogens with one attached hydrogen (secondary N) is 1. The zero-order valence-electron chi connectivity index (χ0n) is 8.94. The van der Waals surface area contributed by atoms with E-state index < -0.39 is 0 Å². The number of hydrogen-bond donors (Lipinski definition) is 1. The fourth-order valence-corrected chi connectivity index (χ4v) is 2.88. The van der Waals surface area contributed by atoms with Gasteiger partial charge < -0.3 is 9.88 Å². The Kier molecular flexibility index (Phi) is 2.08. The highest BCUT2D eigenvalue weighted by molar-refractivity contribution is 5.30. The van der Waals surface area contributed by atoms with Gasteiger partial charge in [-0.05, 0) is 31.0 Å². The van der Waals surface area contributed by atoms with E-state index in [1.165, 1.54) is 6.42 Å². The lowest BCUT2D eigenvalue weighted by atomic mass is 9.84. The van der Waals surface area contributed by atoms with Crippen LogP contribution in [0.25, 0.3) is 0 Å². The average molecular weight is 215 g/mol. The van der Waals surface area contributed by atoms with Crippen molar-refractivity contribution in [2.24, 2.45) is 5.92 Å². The number of hydrogen-bond acceptors (Lipinski definition) is 3. The number of rotatable bonds is 0. The lowest BCUT2D eigenvalue weighted by Gasteiger charge is -2.37. The first-order valence-corrected chi connectivity index (χ1v) is 5.64. The quantitative estimate of drug-likeness (QED) is 0.682. The summed E-state index contributed by atoms with van der Waals surface area (Å²) < 4.78 is 1.80. The summed E-state index contributed by atoms with van der Waals surface area (Å²) in [6.45, 7) is 2.69. The standard InChI is InChI=1S/C12H13N3O/c13-4-9-1-2-11-10-3-8(5-14-6-10)7-15(11)12(9)16/h1-2,8,10,14H,3,5-7H2. The summed E-state index contributed by atoms with van der Waals surface area (Å²) in [5.41, 5.74) is 1.24. The van der Waals surface area contributed by atoms with Crippen molar-refractivity contribution in [3.8, 4) is 6.07 Å². The van der Waals surface area contributed by atoms with E-state index in [0.29, 0.717) is 11.8 Å². The van der Waals surface area contributed by atoms with Gasteiger partial charge in [0.05, 0.1) is 0 Å². The van der Waals surface area contributed by atoms with Crippen LogP contribution >= 0.6 is 0 Å². The third kappa shape index (κ3) is 1.29. The zero-order valence-corrected chi connectivity index (χ0v) is 8.94. The Balaban J connectivity index is 2.17. The van der Waals surface area contributed by atoms with E-state index in [-0.39, 0.29) is 11.1 Å². The predicted molar refractivity (Wildman–Crippen MR) is 59.1 cm³/mol. The van der Waals surface area contributed by atoms with E-state index in [1.54, 1.807) is 10.6 Å². The van der Waals surface area contributed by atoms with Crippen LogP contribution in [0.2, 0.25) is 0 Å². The third-order valence-electron chi connectivity index (χ3n) is 3.63. The Morgan fingerprint density at radius 1 is 1.44 bits per heavy atom. The molecular formula is C12H13N3O. The molecule has 1 saturated heterocycles. The number of piperidine rings is 1. The van der Waals surface area contributed by atoms with Crippen LogP contribution in [0.15, 0.2) is 16.9 Å². The van der Waals surface area contributed by atoms with Gasteiger partial charge in [-0.15, -0.1) is 0 Å². The Morgan fingerprint density at radius 2 is 2.31 bits per heavy atom. The maximum absolute atomic E-state index is 12.0. The molecule has 2 aliphatic heterocycles. The first-order chi connectivity index (χ1) is 7.79. The second kappa shape index (κ2) is 3.46. The molecule has 0 aliphatic carbocycles. The van der Waals surface area contributed by atoms with Gasteiger partial charge in [-0.1, -0.05) is 0 Å². The number of aromatic nitrogens is 1. The van der Waals surface area contributed by atoms with Gasteiger partial charge in [-0.2, -0.15) is 5.26 Å². The third-order valence-corrected chi connectivity index (χ3v) is 3.63. The predicted octanol–water partition coefficient (Wildman–Crippen LogP) is 0.427. The summed E-state index contributed by atoms with van der Waals surface area (Å²) in [6, 6.07) is 5.56.